The molecule has 0 aromatic carbocycles. The summed E-state index contributed by atoms with van der Waals surface area (Å²) in [5.41, 5.74) is 6.63. The summed E-state index contributed by atoms with van der Waals surface area (Å²) in [5.74, 6) is 1.18. The number of thioether (sulfide) groups is 1. The van der Waals surface area contributed by atoms with Crippen molar-refractivity contribution in [1.29, 1.82) is 0 Å². The van der Waals surface area contributed by atoms with Crippen molar-refractivity contribution in [2.24, 2.45) is 11.7 Å². The van der Waals surface area contributed by atoms with Gasteiger partial charge in [0.1, 0.15) is 16.2 Å². The number of hydrogen-bond acceptors (Lipinski definition) is 5. The average molecular weight is 307 g/mol. The Hall–Kier alpha value is -1.14. The van der Waals surface area contributed by atoms with Crippen molar-refractivity contribution >= 4 is 39.2 Å². The van der Waals surface area contributed by atoms with Crippen LogP contribution >= 0.6 is 23.1 Å². The van der Waals surface area contributed by atoms with Gasteiger partial charge in [-0.2, -0.15) is 0 Å². The van der Waals surface area contributed by atoms with Gasteiger partial charge in [-0.3, -0.25) is 4.79 Å². The number of thiophene rings is 1. The third-order valence-corrected chi connectivity index (χ3v) is 5.80. The van der Waals surface area contributed by atoms with E-state index in [1.54, 1.807) is 29.4 Å². The fourth-order valence-electron chi connectivity index (χ4n) is 2.60. The van der Waals surface area contributed by atoms with Crippen molar-refractivity contribution < 1.29 is 4.79 Å². The van der Waals surface area contributed by atoms with Gasteiger partial charge in [0.25, 0.3) is 0 Å². The van der Waals surface area contributed by atoms with E-state index in [-0.39, 0.29) is 5.91 Å². The van der Waals surface area contributed by atoms with E-state index in [0.29, 0.717) is 12.2 Å². The highest BCUT2D eigenvalue weighted by molar-refractivity contribution is 7.99. The van der Waals surface area contributed by atoms with Crippen LogP contribution in [0.15, 0.2) is 11.4 Å². The molecule has 0 saturated carbocycles. The van der Waals surface area contributed by atoms with Gasteiger partial charge < -0.3 is 5.73 Å². The van der Waals surface area contributed by atoms with Gasteiger partial charge in [0.15, 0.2) is 0 Å². The van der Waals surface area contributed by atoms with Gasteiger partial charge in [-0.1, -0.05) is 6.92 Å². The highest BCUT2D eigenvalue weighted by atomic mass is 32.2. The van der Waals surface area contributed by atoms with E-state index >= 15 is 0 Å². The summed E-state index contributed by atoms with van der Waals surface area (Å²) in [7, 11) is 0. The SMILES string of the molecule is CC1CCc2c(sc3ncnc(SCCC(N)=O)c23)C1. The van der Waals surface area contributed by atoms with E-state index in [1.807, 2.05) is 0 Å². The van der Waals surface area contributed by atoms with Crippen LogP contribution in [0.4, 0.5) is 0 Å². The zero-order valence-electron chi connectivity index (χ0n) is 11.4. The number of hydrogen-bond donors (Lipinski definition) is 1. The number of fused-ring (bicyclic) bond motifs is 3. The molecule has 0 saturated heterocycles. The van der Waals surface area contributed by atoms with Crippen molar-refractivity contribution in [3.63, 3.8) is 0 Å². The molecule has 3 rings (SSSR count). The summed E-state index contributed by atoms with van der Waals surface area (Å²) in [6, 6.07) is 0. The molecule has 1 aliphatic rings. The first kappa shape index (κ1) is 13.8. The fraction of sp³-hybridized carbons (Fsp3) is 0.500. The predicted molar refractivity (Wildman–Crippen MR) is 83.1 cm³/mol. The van der Waals surface area contributed by atoms with E-state index in [9.17, 15) is 4.79 Å². The van der Waals surface area contributed by atoms with Crippen LogP contribution in [-0.4, -0.2) is 21.6 Å². The molecule has 1 unspecified atom stereocenters. The molecule has 1 amide bonds. The van der Waals surface area contributed by atoms with Gasteiger partial charge in [-0.05, 0) is 30.7 Å². The Morgan fingerprint density at radius 2 is 2.40 bits per heavy atom. The molecule has 20 heavy (non-hydrogen) atoms. The van der Waals surface area contributed by atoms with Gasteiger partial charge in [0, 0.05) is 22.4 Å². The normalized spacial score (nSPS) is 18.1. The fourth-order valence-corrected chi connectivity index (χ4v) is 5.00. The first-order valence-corrected chi connectivity index (χ1v) is 8.61. The number of aromatic nitrogens is 2. The van der Waals surface area contributed by atoms with Crippen LogP contribution in [0.3, 0.4) is 0 Å². The highest BCUT2D eigenvalue weighted by Gasteiger charge is 2.23. The molecule has 2 heterocycles. The largest absolute Gasteiger partial charge is 0.370 e. The van der Waals surface area contributed by atoms with E-state index in [0.717, 1.165) is 28.6 Å². The summed E-state index contributed by atoms with van der Waals surface area (Å²) >= 11 is 3.41. The Labute approximate surface area is 126 Å². The smallest absolute Gasteiger partial charge is 0.218 e. The zero-order valence-corrected chi connectivity index (χ0v) is 13.0. The topological polar surface area (TPSA) is 68.9 Å². The van der Waals surface area contributed by atoms with E-state index in [2.05, 4.69) is 16.9 Å². The third kappa shape index (κ3) is 2.67. The number of rotatable bonds is 4. The molecular formula is C14H17N3OS2. The summed E-state index contributed by atoms with van der Waals surface area (Å²) in [6.45, 7) is 2.31. The van der Waals surface area contributed by atoms with Crippen molar-refractivity contribution in [3.05, 3.63) is 16.8 Å². The second kappa shape index (κ2) is 5.69. The summed E-state index contributed by atoms with van der Waals surface area (Å²) < 4.78 is 0. The lowest BCUT2D eigenvalue weighted by atomic mass is 9.89. The molecule has 0 aliphatic heterocycles. The highest BCUT2D eigenvalue weighted by Crippen LogP contribution is 2.40. The maximum atomic E-state index is 10.9. The van der Waals surface area contributed by atoms with Crippen molar-refractivity contribution in [3.8, 4) is 0 Å². The van der Waals surface area contributed by atoms with E-state index < -0.39 is 0 Å². The third-order valence-electron chi connectivity index (χ3n) is 3.64. The van der Waals surface area contributed by atoms with Gasteiger partial charge in [0.2, 0.25) is 5.91 Å². The predicted octanol–water partition coefficient (Wildman–Crippen LogP) is 2.78. The Morgan fingerprint density at radius 3 is 3.20 bits per heavy atom. The molecule has 1 atom stereocenters. The molecule has 0 radical (unpaired) electrons. The molecule has 4 nitrogen and oxygen atoms in total. The molecule has 1 aliphatic carbocycles. The minimum Gasteiger partial charge on any atom is -0.370 e. The minimum absolute atomic E-state index is 0.260. The number of carbonyl (C=O) groups excluding carboxylic acids is 1. The van der Waals surface area contributed by atoms with Crippen LogP contribution < -0.4 is 5.73 Å². The lowest BCUT2D eigenvalue weighted by Gasteiger charge is -2.18. The Bertz CT molecular complexity index is 653. The maximum absolute atomic E-state index is 10.9. The molecular weight excluding hydrogens is 290 g/mol. The first-order valence-electron chi connectivity index (χ1n) is 6.81. The monoisotopic (exact) mass is 307 g/mol. The average Bonchev–Trinajstić information content (AvgIpc) is 2.76. The van der Waals surface area contributed by atoms with Crippen LogP contribution in [-0.2, 0) is 17.6 Å². The molecule has 0 bridgehead atoms. The standard InChI is InChI=1S/C14H17N3OS2/c1-8-2-3-9-10(6-8)20-14-12(9)13(16-7-17-14)19-5-4-11(15)18/h7-8H,2-6H2,1H3,(H2,15,18). The van der Waals surface area contributed by atoms with Crippen LogP contribution in [0.2, 0.25) is 0 Å². The summed E-state index contributed by atoms with van der Waals surface area (Å²) in [4.78, 5) is 22.2. The van der Waals surface area contributed by atoms with Gasteiger partial charge >= 0.3 is 0 Å². The van der Waals surface area contributed by atoms with Crippen molar-refractivity contribution in [2.45, 2.75) is 37.6 Å². The van der Waals surface area contributed by atoms with Crippen LogP contribution in [0, 0.1) is 5.92 Å². The lowest BCUT2D eigenvalue weighted by molar-refractivity contribution is -0.117. The number of primary amides is 1. The van der Waals surface area contributed by atoms with Gasteiger partial charge in [0.05, 0.1) is 0 Å². The van der Waals surface area contributed by atoms with Crippen molar-refractivity contribution in [1.82, 2.24) is 9.97 Å². The van der Waals surface area contributed by atoms with E-state index in [4.69, 9.17) is 5.73 Å². The second-order valence-corrected chi connectivity index (χ2v) is 7.44. The summed E-state index contributed by atoms with van der Waals surface area (Å²) in [5, 5.41) is 2.22. The first-order chi connectivity index (χ1) is 9.65. The Morgan fingerprint density at radius 1 is 1.55 bits per heavy atom. The Balaban J connectivity index is 1.94. The zero-order chi connectivity index (χ0) is 14.1. The second-order valence-electron chi connectivity index (χ2n) is 5.28. The number of carbonyl (C=O) groups is 1. The minimum atomic E-state index is -0.260. The Kier molecular flexibility index (Phi) is 3.94. The molecule has 2 aromatic rings. The molecule has 2 aromatic heterocycles. The molecule has 6 heteroatoms. The van der Waals surface area contributed by atoms with Crippen LogP contribution in [0.5, 0.6) is 0 Å². The van der Waals surface area contributed by atoms with E-state index in [1.165, 1.54) is 22.2 Å². The summed E-state index contributed by atoms with van der Waals surface area (Å²) in [6.07, 6.45) is 5.52. The molecule has 0 spiro atoms. The molecule has 2 N–H and O–H groups in total. The number of nitrogens with two attached hydrogens (primary N) is 1. The van der Waals surface area contributed by atoms with Crippen LogP contribution in [0.25, 0.3) is 10.2 Å². The molecule has 106 valence electrons. The number of nitrogens with zero attached hydrogens (tertiary/aromatic N) is 2. The van der Waals surface area contributed by atoms with Gasteiger partial charge in [-0.25, -0.2) is 9.97 Å². The number of amides is 1. The maximum Gasteiger partial charge on any atom is 0.218 e. The van der Waals surface area contributed by atoms with Gasteiger partial charge in [-0.15, -0.1) is 23.1 Å². The quantitative estimate of drug-likeness (QED) is 0.696. The number of aryl methyl sites for hydroxylation is 1. The van der Waals surface area contributed by atoms with Crippen molar-refractivity contribution in [2.75, 3.05) is 5.75 Å². The molecule has 0 fully saturated rings. The van der Waals surface area contributed by atoms with Crippen LogP contribution in [0.1, 0.15) is 30.2 Å². The lowest BCUT2D eigenvalue weighted by Crippen LogP contribution is -2.11.